The van der Waals surface area contributed by atoms with Crippen molar-refractivity contribution < 1.29 is 4.79 Å². The van der Waals surface area contributed by atoms with E-state index in [4.69, 9.17) is 0 Å². The molecule has 0 radical (unpaired) electrons. The summed E-state index contributed by atoms with van der Waals surface area (Å²) in [5, 5.41) is 0. The minimum absolute atomic E-state index is 0.176. The van der Waals surface area contributed by atoms with Crippen molar-refractivity contribution in [2.75, 3.05) is 13.1 Å². The molecular formula is C15H19NO. The Hall–Kier alpha value is -1.57. The largest absolute Gasteiger partial charge is 0.339 e. The molecule has 1 heterocycles. The first-order chi connectivity index (χ1) is 8.36. The number of hydrogen-bond donors (Lipinski definition) is 0. The molecule has 0 bridgehead atoms. The lowest BCUT2D eigenvalue weighted by Gasteiger charge is -2.19. The summed E-state index contributed by atoms with van der Waals surface area (Å²) in [6, 6.07) is 10.4. The molecule has 0 saturated carbocycles. The minimum Gasteiger partial charge on any atom is -0.339 e. The van der Waals surface area contributed by atoms with E-state index in [1.165, 1.54) is 5.56 Å². The zero-order valence-electron chi connectivity index (χ0n) is 10.1. The van der Waals surface area contributed by atoms with E-state index < -0.39 is 0 Å². The van der Waals surface area contributed by atoms with Crippen LogP contribution in [0.1, 0.15) is 24.8 Å². The van der Waals surface area contributed by atoms with Gasteiger partial charge in [0.2, 0.25) is 5.91 Å². The number of nitrogens with zero attached hydrogens (tertiary/aromatic N) is 1. The first-order valence-corrected chi connectivity index (χ1v) is 6.35. The van der Waals surface area contributed by atoms with Crippen molar-refractivity contribution in [2.24, 2.45) is 0 Å². The Balaban J connectivity index is 1.78. The highest BCUT2D eigenvalue weighted by molar-refractivity contribution is 5.87. The van der Waals surface area contributed by atoms with Crippen LogP contribution in [0, 0.1) is 0 Å². The molecule has 0 N–H and O–H groups in total. The summed E-state index contributed by atoms with van der Waals surface area (Å²) in [5.74, 6) is 0.176. The van der Waals surface area contributed by atoms with Crippen LogP contribution in [-0.2, 0) is 11.2 Å². The first kappa shape index (κ1) is 11.9. The van der Waals surface area contributed by atoms with Gasteiger partial charge in [0.05, 0.1) is 0 Å². The van der Waals surface area contributed by atoms with E-state index in [0.717, 1.165) is 38.8 Å². The number of benzene rings is 1. The summed E-state index contributed by atoms with van der Waals surface area (Å²) >= 11 is 0. The van der Waals surface area contributed by atoms with Gasteiger partial charge in [-0.25, -0.2) is 0 Å². The second-order valence-corrected chi connectivity index (χ2v) is 4.46. The van der Waals surface area contributed by atoms with Crippen molar-refractivity contribution in [3.8, 4) is 0 Å². The van der Waals surface area contributed by atoms with E-state index in [-0.39, 0.29) is 5.91 Å². The molecule has 0 aliphatic carbocycles. The fraction of sp³-hybridized carbons (Fsp3) is 0.400. The van der Waals surface area contributed by atoms with Crippen molar-refractivity contribution in [1.82, 2.24) is 4.90 Å². The van der Waals surface area contributed by atoms with Crippen LogP contribution in [0.25, 0.3) is 0 Å². The van der Waals surface area contributed by atoms with Gasteiger partial charge in [0.1, 0.15) is 0 Å². The number of allylic oxidation sites excluding steroid dienone is 1. The van der Waals surface area contributed by atoms with E-state index >= 15 is 0 Å². The molecule has 2 nitrogen and oxygen atoms in total. The Morgan fingerprint density at radius 3 is 2.82 bits per heavy atom. The Morgan fingerprint density at radius 2 is 2.00 bits per heavy atom. The fourth-order valence-electron chi connectivity index (χ4n) is 2.14. The monoisotopic (exact) mass is 229 g/mol. The van der Waals surface area contributed by atoms with Gasteiger partial charge < -0.3 is 4.90 Å². The zero-order valence-corrected chi connectivity index (χ0v) is 10.1. The number of carbonyl (C=O) groups is 1. The van der Waals surface area contributed by atoms with E-state index in [1.54, 1.807) is 6.08 Å². The van der Waals surface area contributed by atoms with E-state index in [9.17, 15) is 4.79 Å². The molecule has 17 heavy (non-hydrogen) atoms. The van der Waals surface area contributed by atoms with Gasteiger partial charge in [-0.1, -0.05) is 36.4 Å². The van der Waals surface area contributed by atoms with Crippen LogP contribution in [-0.4, -0.2) is 23.9 Å². The van der Waals surface area contributed by atoms with Crippen molar-refractivity contribution in [1.29, 1.82) is 0 Å². The lowest BCUT2D eigenvalue weighted by molar-refractivity contribution is -0.126. The topological polar surface area (TPSA) is 20.3 Å². The molecule has 2 heteroatoms. The Morgan fingerprint density at radius 1 is 1.18 bits per heavy atom. The van der Waals surface area contributed by atoms with Crippen LogP contribution >= 0.6 is 0 Å². The van der Waals surface area contributed by atoms with Crippen molar-refractivity contribution in [2.45, 2.75) is 25.7 Å². The number of carbonyl (C=O) groups excluding carboxylic acids is 1. The van der Waals surface area contributed by atoms with Crippen LogP contribution < -0.4 is 0 Å². The van der Waals surface area contributed by atoms with E-state index in [0.29, 0.717) is 0 Å². The molecule has 0 unspecified atom stereocenters. The predicted octanol–water partition coefficient (Wildman–Crippen LogP) is 2.80. The molecule has 0 aromatic heterocycles. The van der Waals surface area contributed by atoms with Gasteiger partial charge >= 0.3 is 0 Å². The lowest BCUT2D eigenvalue weighted by atomic mass is 10.1. The zero-order chi connectivity index (χ0) is 11.9. The fourth-order valence-corrected chi connectivity index (χ4v) is 2.14. The summed E-state index contributed by atoms with van der Waals surface area (Å²) in [5.41, 5.74) is 1.35. The molecule has 1 aliphatic heterocycles. The molecule has 0 fully saturated rings. The van der Waals surface area contributed by atoms with E-state index in [1.807, 2.05) is 17.0 Å². The third-order valence-corrected chi connectivity index (χ3v) is 3.11. The number of amides is 1. The van der Waals surface area contributed by atoms with Crippen LogP contribution in [0.4, 0.5) is 0 Å². The Labute approximate surface area is 103 Å². The maximum atomic E-state index is 11.7. The van der Waals surface area contributed by atoms with Crippen LogP contribution in [0.2, 0.25) is 0 Å². The van der Waals surface area contributed by atoms with Crippen LogP contribution in [0.3, 0.4) is 0 Å². The molecule has 0 spiro atoms. The second-order valence-electron chi connectivity index (χ2n) is 4.46. The van der Waals surface area contributed by atoms with Crippen molar-refractivity contribution >= 4 is 5.91 Å². The van der Waals surface area contributed by atoms with Crippen molar-refractivity contribution in [3.05, 3.63) is 48.0 Å². The molecule has 1 aliphatic rings. The molecule has 90 valence electrons. The number of aryl methyl sites for hydroxylation is 1. The van der Waals surface area contributed by atoms with Gasteiger partial charge in [0.15, 0.2) is 0 Å². The highest BCUT2D eigenvalue weighted by Gasteiger charge is 2.11. The maximum Gasteiger partial charge on any atom is 0.246 e. The Kier molecular flexibility index (Phi) is 4.37. The molecular weight excluding hydrogens is 210 g/mol. The highest BCUT2D eigenvalue weighted by Crippen LogP contribution is 2.07. The summed E-state index contributed by atoms with van der Waals surface area (Å²) in [4.78, 5) is 13.7. The smallest absolute Gasteiger partial charge is 0.246 e. The van der Waals surface area contributed by atoms with Gasteiger partial charge in [-0.05, 0) is 37.3 Å². The third kappa shape index (κ3) is 3.74. The first-order valence-electron chi connectivity index (χ1n) is 6.35. The van der Waals surface area contributed by atoms with Gasteiger partial charge in [-0.15, -0.1) is 0 Å². The summed E-state index contributed by atoms with van der Waals surface area (Å²) in [6.45, 7) is 1.78. The average Bonchev–Trinajstić information content (AvgIpc) is 2.56. The minimum atomic E-state index is 0.176. The summed E-state index contributed by atoms with van der Waals surface area (Å²) in [7, 11) is 0. The van der Waals surface area contributed by atoms with Gasteiger partial charge in [-0.2, -0.15) is 0 Å². The molecule has 1 aromatic rings. The predicted molar refractivity (Wildman–Crippen MR) is 69.7 cm³/mol. The quantitative estimate of drug-likeness (QED) is 0.777. The summed E-state index contributed by atoms with van der Waals surface area (Å²) < 4.78 is 0. The molecule has 0 atom stereocenters. The van der Waals surface area contributed by atoms with E-state index in [2.05, 4.69) is 24.3 Å². The molecule has 2 rings (SSSR count). The van der Waals surface area contributed by atoms with Crippen molar-refractivity contribution in [3.63, 3.8) is 0 Å². The summed E-state index contributed by atoms with van der Waals surface area (Å²) in [6.07, 6.45) is 7.92. The molecule has 1 aromatic carbocycles. The number of hydrogen-bond acceptors (Lipinski definition) is 1. The van der Waals surface area contributed by atoms with Crippen LogP contribution in [0.5, 0.6) is 0 Å². The second kappa shape index (κ2) is 6.24. The highest BCUT2D eigenvalue weighted by atomic mass is 16.2. The third-order valence-electron chi connectivity index (χ3n) is 3.11. The van der Waals surface area contributed by atoms with Gasteiger partial charge in [-0.3, -0.25) is 4.79 Å². The van der Waals surface area contributed by atoms with Crippen LogP contribution in [0.15, 0.2) is 42.5 Å². The van der Waals surface area contributed by atoms with Gasteiger partial charge in [0, 0.05) is 13.1 Å². The molecule has 1 amide bonds. The van der Waals surface area contributed by atoms with Gasteiger partial charge in [0.25, 0.3) is 0 Å². The standard InChI is InChI=1S/C15H19NO/c17-15-11-5-2-6-12-16(15)13-7-10-14-8-3-1-4-9-14/h1,3-5,8-9,11H,2,6-7,10,12-13H2. The average molecular weight is 229 g/mol. The SMILES string of the molecule is O=C1C=CCCCN1CCCc1ccccc1. The number of rotatable bonds is 4. The normalized spacial score (nSPS) is 16.0. The molecule has 0 saturated heterocycles. The maximum absolute atomic E-state index is 11.7. The Bertz CT molecular complexity index is 383. The lowest BCUT2D eigenvalue weighted by Crippen LogP contribution is -2.30.